The molecule has 2 aromatic carbocycles. The molecule has 4 rings (SSSR count). The highest BCUT2D eigenvalue weighted by Gasteiger charge is 2.58. The second-order valence-electron chi connectivity index (χ2n) is 8.53. The number of halogens is 3. The van der Waals surface area contributed by atoms with Crippen molar-refractivity contribution in [1.29, 1.82) is 0 Å². The van der Waals surface area contributed by atoms with Crippen LogP contribution in [-0.2, 0) is 22.0 Å². The first-order chi connectivity index (χ1) is 13.5. The molecule has 0 aromatic heterocycles. The molecular weight excluding hydrogens is 481 g/mol. The largest absolute Gasteiger partial charge is 0.480 e. The molecule has 156 valence electrons. The van der Waals surface area contributed by atoms with E-state index < -0.39 is 32.2 Å². The Kier molecular flexibility index (Phi) is 5.05. The van der Waals surface area contributed by atoms with E-state index in [0.717, 1.165) is 11.1 Å². The second-order valence-corrected chi connectivity index (χ2v) is 12.3. The molecule has 0 amide bonds. The summed E-state index contributed by atoms with van der Waals surface area (Å²) in [5, 5.41) is 0.00369. The lowest BCUT2D eigenvalue weighted by Gasteiger charge is -2.51. The van der Waals surface area contributed by atoms with Gasteiger partial charge >= 0.3 is 0 Å². The maximum absolute atomic E-state index is 14.3. The first kappa shape index (κ1) is 21.1. The summed E-state index contributed by atoms with van der Waals surface area (Å²) >= 11 is 9.50. The lowest BCUT2D eigenvalue weighted by atomic mass is 9.78. The van der Waals surface area contributed by atoms with Crippen LogP contribution in [0.2, 0.25) is 5.02 Å². The molecule has 0 saturated carbocycles. The average Bonchev–Trinajstić information content (AvgIpc) is 2.98. The molecule has 2 heterocycles. The second kappa shape index (κ2) is 6.94. The van der Waals surface area contributed by atoms with Gasteiger partial charge in [0.2, 0.25) is 10.0 Å². The van der Waals surface area contributed by atoms with Gasteiger partial charge in [-0.3, -0.25) is 0 Å². The predicted molar refractivity (Wildman–Crippen MR) is 115 cm³/mol. The number of benzene rings is 2. The summed E-state index contributed by atoms with van der Waals surface area (Å²) in [4.78, 5) is 0. The summed E-state index contributed by atoms with van der Waals surface area (Å²) in [6.07, 6.45) is 1.06. The molecule has 2 aliphatic rings. The van der Waals surface area contributed by atoms with Crippen LogP contribution >= 0.6 is 27.5 Å². The van der Waals surface area contributed by atoms with Crippen LogP contribution in [0, 0.1) is 5.82 Å². The zero-order valence-corrected chi connectivity index (χ0v) is 19.5. The van der Waals surface area contributed by atoms with Gasteiger partial charge in [-0.05, 0) is 48.7 Å². The van der Waals surface area contributed by atoms with Crippen LogP contribution in [0.4, 0.5) is 4.39 Å². The molecule has 8 heteroatoms. The van der Waals surface area contributed by atoms with E-state index in [1.165, 1.54) is 10.4 Å². The lowest BCUT2D eigenvalue weighted by molar-refractivity contribution is -0.0284. The van der Waals surface area contributed by atoms with Gasteiger partial charge in [0.15, 0.2) is 5.60 Å². The summed E-state index contributed by atoms with van der Waals surface area (Å²) in [6, 6.07) is 10.4. The highest BCUT2D eigenvalue weighted by molar-refractivity contribution is 9.10. The van der Waals surface area contributed by atoms with Crippen molar-refractivity contribution in [2.24, 2.45) is 0 Å². The van der Waals surface area contributed by atoms with E-state index in [4.69, 9.17) is 16.3 Å². The Hall–Kier alpha value is -1.15. The van der Waals surface area contributed by atoms with Crippen LogP contribution in [0.1, 0.15) is 38.3 Å². The number of rotatable bonds is 3. The highest BCUT2D eigenvalue weighted by Crippen LogP contribution is 2.52. The van der Waals surface area contributed by atoms with Crippen molar-refractivity contribution < 1.29 is 17.5 Å². The van der Waals surface area contributed by atoms with Gasteiger partial charge in [-0.15, -0.1) is 0 Å². The van der Waals surface area contributed by atoms with E-state index in [9.17, 15) is 12.8 Å². The van der Waals surface area contributed by atoms with Crippen molar-refractivity contribution in [3.8, 4) is 5.75 Å². The van der Waals surface area contributed by atoms with Crippen molar-refractivity contribution in [3.63, 3.8) is 0 Å². The molecule has 1 fully saturated rings. The molecule has 0 N–H and O–H groups in total. The quantitative estimate of drug-likeness (QED) is 0.537. The normalized spacial score (nSPS) is 24.7. The first-order valence-electron chi connectivity index (χ1n) is 9.41. The van der Waals surface area contributed by atoms with Crippen LogP contribution in [0.25, 0.3) is 0 Å². The zero-order chi connectivity index (χ0) is 21.2. The maximum atomic E-state index is 14.3. The smallest absolute Gasteiger partial charge is 0.219 e. The third kappa shape index (κ3) is 3.12. The summed E-state index contributed by atoms with van der Waals surface area (Å²) in [6.45, 7) is 5.53. The van der Waals surface area contributed by atoms with Crippen molar-refractivity contribution in [1.82, 2.24) is 4.31 Å². The van der Waals surface area contributed by atoms with Crippen LogP contribution in [-0.4, -0.2) is 30.1 Å². The number of ether oxygens (including phenoxy) is 1. The van der Waals surface area contributed by atoms with Crippen LogP contribution in [0.3, 0.4) is 0 Å². The zero-order valence-electron chi connectivity index (χ0n) is 16.4. The van der Waals surface area contributed by atoms with E-state index in [2.05, 4.69) is 15.9 Å². The van der Waals surface area contributed by atoms with Gasteiger partial charge in [0.25, 0.3) is 0 Å². The fourth-order valence-electron chi connectivity index (χ4n) is 4.09. The Morgan fingerprint density at radius 3 is 2.48 bits per heavy atom. The van der Waals surface area contributed by atoms with Gasteiger partial charge in [-0.25, -0.2) is 12.8 Å². The van der Waals surface area contributed by atoms with E-state index >= 15 is 0 Å². The topological polar surface area (TPSA) is 46.6 Å². The molecule has 4 nitrogen and oxygen atoms in total. The fraction of sp³-hybridized carbons (Fsp3) is 0.429. The van der Waals surface area contributed by atoms with Crippen molar-refractivity contribution in [3.05, 3.63) is 62.8 Å². The van der Waals surface area contributed by atoms with Gasteiger partial charge < -0.3 is 4.74 Å². The summed E-state index contributed by atoms with van der Waals surface area (Å²) in [5.41, 5.74) is 0.665. The molecule has 2 atom stereocenters. The molecule has 0 aliphatic carbocycles. The van der Waals surface area contributed by atoms with E-state index in [1.54, 1.807) is 20.8 Å². The SMILES string of the molecule is CC(C)(C)S(=O)(=O)N1CCC1C1(c2ccccc2)Cc2c(cc(F)c(Cl)c2Br)O1. The Morgan fingerprint density at radius 1 is 1.28 bits per heavy atom. The monoisotopic (exact) mass is 501 g/mol. The van der Waals surface area contributed by atoms with Crippen molar-refractivity contribution in [2.45, 2.75) is 50.0 Å². The number of fused-ring (bicyclic) bond motifs is 1. The van der Waals surface area contributed by atoms with Gasteiger partial charge in [0.05, 0.1) is 15.8 Å². The van der Waals surface area contributed by atoms with Gasteiger partial charge in [0.1, 0.15) is 11.6 Å². The maximum Gasteiger partial charge on any atom is 0.219 e. The van der Waals surface area contributed by atoms with Crippen molar-refractivity contribution >= 4 is 37.6 Å². The number of nitrogens with zero attached hydrogens (tertiary/aromatic N) is 1. The highest BCUT2D eigenvalue weighted by atomic mass is 79.9. The Bertz CT molecular complexity index is 1070. The summed E-state index contributed by atoms with van der Waals surface area (Å²) < 4.78 is 48.1. The molecule has 2 aromatic rings. The van der Waals surface area contributed by atoms with Crippen LogP contribution in [0.15, 0.2) is 40.9 Å². The molecule has 2 aliphatic heterocycles. The molecule has 0 radical (unpaired) electrons. The summed E-state index contributed by atoms with van der Waals surface area (Å²) in [5.74, 6) is -0.184. The summed E-state index contributed by atoms with van der Waals surface area (Å²) in [7, 11) is -3.54. The minimum Gasteiger partial charge on any atom is -0.480 e. The minimum absolute atomic E-state index is 0.00369. The average molecular weight is 503 g/mol. The van der Waals surface area contributed by atoms with Gasteiger partial charge in [0, 0.05) is 29.1 Å². The fourth-order valence-corrected chi connectivity index (χ4v) is 6.44. The van der Waals surface area contributed by atoms with Crippen molar-refractivity contribution in [2.75, 3.05) is 6.54 Å². The standard InChI is InChI=1S/C21H22BrClFNO3S/c1-20(2,3)29(26,27)25-10-9-17(25)21(13-7-5-4-6-8-13)12-14-16(28-21)11-15(24)19(23)18(14)22/h4-8,11,17H,9-10,12H2,1-3H3. The molecule has 1 saturated heterocycles. The number of hydrogen-bond acceptors (Lipinski definition) is 3. The van der Waals surface area contributed by atoms with Gasteiger partial charge in [-0.2, -0.15) is 4.31 Å². The Morgan fingerprint density at radius 2 is 1.93 bits per heavy atom. The van der Waals surface area contributed by atoms with Gasteiger partial charge in [-0.1, -0.05) is 41.9 Å². The van der Waals surface area contributed by atoms with E-state index in [1.807, 2.05) is 30.3 Å². The Labute approximate surface area is 184 Å². The number of hydrogen-bond donors (Lipinski definition) is 0. The lowest BCUT2D eigenvalue weighted by Crippen LogP contribution is -2.65. The minimum atomic E-state index is -3.54. The number of sulfonamides is 1. The van der Waals surface area contributed by atoms with E-state index in [0.29, 0.717) is 29.6 Å². The van der Waals surface area contributed by atoms with E-state index in [-0.39, 0.29) is 5.02 Å². The first-order valence-corrected chi connectivity index (χ1v) is 12.0. The molecule has 2 unspecified atom stereocenters. The third-order valence-electron chi connectivity index (χ3n) is 5.81. The predicted octanol–water partition coefficient (Wildman–Crippen LogP) is 5.27. The molecule has 0 bridgehead atoms. The third-order valence-corrected chi connectivity index (χ3v) is 9.88. The molecular formula is C21H22BrClFNO3S. The molecule has 0 spiro atoms. The van der Waals surface area contributed by atoms with Crippen LogP contribution < -0.4 is 4.74 Å². The van der Waals surface area contributed by atoms with Crippen LogP contribution in [0.5, 0.6) is 5.75 Å². The Balaban J connectivity index is 1.85. The molecule has 29 heavy (non-hydrogen) atoms.